The van der Waals surface area contributed by atoms with Crippen molar-refractivity contribution in [1.82, 2.24) is 0 Å². The van der Waals surface area contributed by atoms with Crippen LogP contribution in [0.4, 0.5) is 0 Å². The summed E-state index contributed by atoms with van der Waals surface area (Å²) in [6.45, 7) is 21.9. The average molecular weight is 371 g/mol. The van der Waals surface area contributed by atoms with Gasteiger partial charge in [-0.3, -0.25) is 4.55 Å². The van der Waals surface area contributed by atoms with Gasteiger partial charge in [-0.15, -0.1) is 0 Å². The standard InChI is InChI=1S/C19H34O3SSi/c1-14-11-12-15(23(20,21)22)16(13-14)24(17(2,3)4,18(5,6)7)19(8,9)10/h11-13H,1-10H3,(H,20,21,22). The van der Waals surface area contributed by atoms with Crippen molar-refractivity contribution in [2.45, 2.75) is 89.2 Å². The van der Waals surface area contributed by atoms with Crippen LogP contribution in [0.5, 0.6) is 0 Å². The van der Waals surface area contributed by atoms with Gasteiger partial charge in [0.15, 0.2) is 0 Å². The molecule has 0 aliphatic heterocycles. The largest absolute Gasteiger partial charge is 0.294 e. The lowest BCUT2D eigenvalue weighted by Gasteiger charge is -2.60. The molecular weight excluding hydrogens is 336 g/mol. The highest BCUT2D eigenvalue weighted by atomic mass is 32.2. The Bertz CT molecular complexity index is 678. The first-order chi connectivity index (χ1) is 10.4. The molecule has 24 heavy (non-hydrogen) atoms. The Balaban J connectivity index is 4.22. The highest BCUT2D eigenvalue weighted by molar-refractivity contribution is 7.86. The molecule has 5 heteroatoms. The molecule has 0 aromatic heterocycles. The Morgan fingerprint density at radius 2 is 1.21 bits per heavy atom. The Morgan fingerprint density at radius 3 is 1.50 bits per heavy atom. The highest BCUT2D eigenvalue weighted by Crippen LogP contribution is 2.61. The van der Waals surface area contributed by atoms with Gasteiger partial charge in [-0.2, -0.15) is 8.42 Å². The first-order valence-corrected chi connectivity index (χ1v) is 11.9. The zero-order valence-corrected chi connectivity index (χ0v) is 18.7. The predicted octanol–water partition coefficient (Wildman–Crippen LogP) is 5.30. The number of rotatable bonds is 2. The smallest absolute Gasteiger partial charge is 0.282 e. The second-order valence-corrected chi connectivity index (χ2v) is 17.9. The minimum Gasteiger partial charge on any atom is -0.282 e. The molecule has 1 aromatic rings. The molecule has 0 spiro atoms. The maximum atomic E-state index is 12.2. The Hall–Kier alpha value is -0.653. The first kappa shape index (κ1) is 21.4. The van der Waals surface area contributed by atoms with E-state index in [1.54, 1.807) is 12.1 Å². The van der Waals surface area contributed by atoms with Gasteiger partial charge in [0.1, 0.15) is 8.07 Å². The maximum Gasteiger partial charge on any atom is 0.294 e. The van der Waals surface area contributed by atoms with Gasteiger partial charge in [0, 0.05) is 0 Å². The molecule has 0 fully saturated rings. The summed E-state index contributed by atoms with van der Waals surface area (Å²) in [6.07, 6.45) is 0. The quantitative estimate of drug-likeness (QED) is 0.568. The van der Waals surface area contributed by atoms with Crippen LogP contribution in [-0.2, 0) is 10.1 Å². The summed E-state index contributed by atoms with van der Waals surface area (Å²) < 4.78 is 34.3. The third kappa shape index (κ3) is 3.35. The molecule has 0 radical (unpaired) electrons. The summed E-state index contributed by atoms with van der Waals surface area (Å²) in [7, 11) is -6.78. The first-order valence-electron chi connectivity index (χ1n) is 8.46. The monoisotopic (exact) mass is 370 g/mol. The van der Waals surface area contributed by atoms with Crippen molar-refractivity contribution in [2.24, 2.45) is 0 Å². The lowest BCUT2D eigenvalue weighted by Crippen LogP contribution is -2.67. The van der Waals surface area contributed by atoms with E-state index in [2.05, 4.69) is 62.3 Å². The van der Waals surface area contributed by atoms with E-state index in [1.807, 2.05) is 13.0 Å². The van der Waals surface area contributed by atoms with Gasteiger partial charge in [-0.05, 0) is 33.3 Å². The molecule has 0 amide bonds. The fourth-order valence-corrected chi connectivity index (χ4v) is 17.2. The van der Waals surface area contributed by atoms with Gasteiger partial charge < -0.3 is 0 Å². The third-order valence-electron chi connectivity index (χ3n) is 5.19. The SMILES string of the molecule is Cc1ccc(S(=O)(=O)O)c([Si](C(C)(C)C)(C(C)(C)C)C(C)(C)C)c1. The molecule has 1 aromatic carbocycles. The van der Waals surface area contributed by atoms with Crippen LogP contribution in [-0.4, -0.2) is 21.0 Å². The van der Waals surface area contributed by atoms with E-state index in [1.165, 1.54) is 0 Å². The Kier molecular flexibility index (Phi) is 5.31. The second kappa shape index (κ2) is 5.96. The Morgan fingerprint density at radius 1 is 0.833 bits per heavy atom. The minimum absolute atomic E-state index is 0.0829. The van der Waals surface area contributed by atoms with Gasteiger partial charge >= 0.3 is 0 Å². The van der Waals surface area contributed by atoms with Crippen molar-refractivity contribution in [3.63, 3.8) is 0 Å². The maximum absolute atomic E-state index is 12.2. The molecule has 3 nitrogen and oxygen atoms in total. The molecule has 1 N–H and O–H groups in total. The third-order valence-corrected chi connectivity index (χ3v) is 14.3. The summed E-state index contributed by atoms with van der Waals surface area (Å²) in [4.78, 5) is 0.0829. The van der Waals surface area contributed by atoms with Crippen LogP contribution in [0.25, 0.3) is 0 Å². The van der Waals surface area contributed by atoms with Crippen molar-refractivity contribution in [3.05, 3.63) is 23.8 Å². The molecule has 0 aliphatic rings. The summed E-state index contributed by atoms with van der Waals surface area (Å²) in [5.41, 5.74) is 1.02. The van der Waals surface area contributed by atoms with E-state index in [0.717, 1.165) is 10.8 Å². The van der Waals surface area contributed by atoms with Crippen LogP contribution in [0.2, 0.25) is 15.1 Å². The summed E-state index contributed by atoms with van der Waals surface area (Å²) in [5, 5.41) is 0.544. The van der Waals surface area contributed by atoms with Crippen molar-refractivity contribution < 1.29 is 13.0 Å². The second-order valence-electron chi connectivity index (χ2n) is 9.97. The van der Waals surface area contributed by atoms with E-state index in [4.69, 9.17) is 0 Å². The summed E-state index contributed by atoms with van der Waals surface area (Å²) >= 11 is 0. The molecule has 0 saturated carbocycles. The summed E-state index contributed by atoms with van der Waals surface area (Å²) in [6, 6.07) is 5.34. The van der Waals surface area contributed by atoms with Crippen LogP contribution in [0.3, 0.4) is 0 Å². The van der Waals surface area contributed by atoms with Crippen LogP contribution in [0, 0.1) is 6.92 Å². The van der Waals surface area contributed by atoms with Crippen molar-refractivity contribution in [3.8, 4) is 0 Å². The molecule has 0 saturated heterocycles. The summed E-state index contributed by atoms with van der Waals surface area (Å²) in [5.74, 6) is 0. The van der Waals surface area contributed by atoms with Gasteiger partial charge in [-0.1, -0.05) is 80.0 Å². The molecule has 0 bridgehead atoms. The zero-order chi connectivity index (χ0) is 19.4. The van der Waals surface area contributed by atoms with E-state index in [9.17, 15) is 13.0 Å². The van der Waals surface area contributed by atoms with Crippen molar-refractivity contribution in [1.29, 1.82) is 0 Å². The number of hydrogen-bond donors (Lipinski definition) is 1. The fraction of sp³-hybridized carbons (Fsp3) is 0.684. The predicted molar refractivity (Wildman–Crippen MR) is 106 cm³/mol. The zero-order valence-electron chi connectivity index (χ0n) is 16.9. The molecule has 1 rings (SSSR count). The topological polar surface area (TPSA) is 54.4 Å². The Labute approximate surface area is 149 Å². The van der Waals surface area contributed by atoms with Crippen LogP contribution in [0.15, 0.2) is 23.1 Å². The van der Waals surface area contributed by atoms with Crippen LogP contribution >= 0.6 is 0 Å². The van der Waals surface area contributed by atoms with E-state index < -0.39 is 18.2 Å². The molecule has 0 heterocycles. The number of benzene rings is 1. The molecule has 0 atom stereocenters. The van der Waals surface area contributed by atoms with Crippen LogP contribution in [0.1, 0.15) is 67.9 Å². The molecular formula is C19H34O3SSi. The average Bonchev–Trinajstić information content (AvgIpc) is 2.20. The van der Waals surface area contributed by atoms with Gasteiger partial charge in [-0.25, -0.2) is 0 Å². The van der Waals surface area contributed by atoms with Crippen molar-refractivity contribution >= 4 is 23.4 Å². The van der Waals surface area contributed by atoms with Gasteiger partial charge in [0.05, 0.1) is 4.90 Å². The van der Waals surface area contributed by atoms with Gasteiger partial charge in [0.25, 0.3) is 10.1 Å². The highest BCUT2D eigenvalue weighted by Gasteiger charge is 2.61. The van der Waals surface area contributed by atoms with Crippen LogP contribution < -0.4 is 5.19 Å². The lowest BCUT2D eigenvalue weighted by atomic mass is 10.2. The van der Waals surface area contributed by atoms with E-state index in [0.29, 0.717) is 0 Å². The lowest BCUT2D eigenvalue weighted by molar-refractivity contribution is 0.483. The fourth-order valence-electron chi connectivity index (χ4n) is 5.75. The van der Waals surface area contributed by atoms with E-state index >= 15 is 0 Å². The molecule has 0 aliphatic carbocycles. The normalized spacial score (nSPS) is 14.8. The molecule has 138 valence electrons. The van der Waals surface area contributed by atoms with E-state index in [-0.39, 0.29) is 20.0 Å². The molecule has 0 unspecified atom stereocenters. The van der Waals surface area contributed by atoms with Gasteiger partial charge in [0.2, 0.25) is 0 Å². The minimum atomic E-state index is -4.28. The van der Waals surface area contributed by atoms with Crippen molar-refractivity contribution in [2.75, 3.05) is 0 Å². The number of hydrogen-bond acceptors (Lipinski definition) is 2. The number of aryl methyl sites for hydroxylation is 1.